The molecule has 1 N–H and O–H groups in total. The Bertz CT molecular complexity index is 563. The van der Waals surface area contributed by atoms with Crippen molar-refractivity contribution in [1.82, 2.24) is 9.62 Å². The number of nitrogens with one attached hydrogen (secondary N) is 1. The molecule has 2 rings (SSSR count). The number of halogens is 1. The molecule has 1 aromatic rings. The van der Waals surface area contributed by atoms with Crippen molar-refractivity contribution in [2.75, 3.05) is 26.2 Å². The molecule has 5 nitrogen and oxygen atoms in total. The summed E-state index contributed by atoms with van der Waals surface area (Å²) < 4.78 is 25.8. The molecule has 19 heavy (non-hydrogen) atoms. The van der Waals surface area contributed by atoms with E-state index >= 15 is 0 Å². The molecule has 104 valence electrons. The number of nitrogens with zero attached hydrogens (tertiary/aromatic N) is 2. The van der Waals surface area contributed by atoms with Gasteiger partial charge in [0, 0.05) is 26.2 Å². The second-order valence-corrected chi connectivity index (χ2v) is 6.19. The van der Waals surface area contributed by atoms with Gasteiger partial charge in [0.25, 0.3) is 0 Å². The minimum absolute atomic E-state index is 0. The SMILES string of the molecule is Cl.N#Cc1cccc(CS(=O)(=O)N2CCNCC2)c1. The van der Waals surface area contributed by atoms with Crippen LogP contribution >= 0.6 is 12.4 Å². The lowest BCUT2D eigenvalue weighted by molar-refractivity contribution is 0.360. The third-order valence-corrected chi connectivity index (χ3v) is 4.72. The number of hydrogen-bond acceptors (Lipinski definition) is 4. The van der Waals surface area contributed by atoms with Crippen LogP contribution in [0.3, 0.4) is 0 Å². The highest BCUT2D eigenvalue weighted by molar-refractivity contribution is 7.88. The Kier molecular flexibility index (Phi) is 5.76. The number of rotatable bonds is 3. The highest BCUT2D eigenvalue weighted by Crippen LogP contribution is 2.13. The van der Waals surface area contributed by atoms with Crippen molar-refractivity contribution < 1.29 is 8.42 Å². The largest absolute Gasteiger partial charge is 0.314 e. The van der Waals surface area contributed by atoms with E-state index in [0.717, 1.165) is 0 Å². The lowest BCUT2D eigenvalue weighted by Gasteiger charge is -2.26. The van der Waals surface area contributed by atoms with Gasteiger partial charge in [-0.3, -0.25) is 0 Å². The van der Waals surface area contributed by atoms with E-state index in [4.69, 9.17) is 5.26 Å². The Balaban J connectivity index is 0.00000180. The standard InChI is InChI=1S/C12H15N3O2S.ClH/c13-9-11-2-1-3-12(8-11)10-18(16,17)15-6-4-14-5-7-15;/h1-3,8,14H,4-7,10H2;1H. The van der Waals surface area contributed by atoms with Gasteiger partial charge in [-0.25, -0.2) is 8.42 Å². The van der Waals surface area contributed by atoms with Crippen LogP contribution in [0, 0.1) is 11.3 Å². The van der Waals surface area contributed by atoms with Gasteiger partial charge >= 0.3 is 0 Å². The van der Waals surface area contributed by atoms with Crippen LogP contribution in [-0.4, -0.2) is 38.9 Å². The molecule has 1 aliphatic rings. The van der Waals surface area contributed by atoms with Gasteiger partial charge in [-0.05, 0) is 17.7 Å². The molecule has 0 spiro atoms. The Hall–Kier alpha value is -1.13. The molecule has 0 radical (unpaired) electrons. The maximum atomic E-state index is 12.2. The van der Waals surface area contributed by atoms with Crippen LogP contribution in [0.5, 0.6) is 0 Å². The molecule has 1 aliphatic heterocycles. The van der Waals surface area contributed by atoms with Crippen LogP contribution in [0.1, 0.15) is 11.1 Å². The van der Waals surface area contributed by atoms with E-state index in [1.165, 1.54) is 4.31 Å². The van der Waals surface area contributed by atoms with E-state index in [2.05, 4.69) is 5.32 Å². The first-order valence-corrected chi connectivity index (χ1v) is 7.40. The predicted octanol–water partition coefficient (Wildman–Crippen LogP) is 0.715. The van der Waals surface area contributed by atoms with Crippen LogP contribution in [0.15, 0.2) is 24.3 Å². The van der Waals surface area contributed by atoms with Crippen LogP contribution < -0.4 is 5.32 Å². The van der Waals surface area contributed by atoms with Gasteiger partial charge in [0.1, 0.15) is 0 Å². The fourth-order valence-corrected chi connectivity index (χ4v) is 3.48. The first-order valence-electron chi connectivity index (χ1n) is 5.79. The predicted molar refractivity (Wildman–Crippen MR) is 75.5 cm³/mol. The average Bonchev–Trinajstić information content (AvgIpc) is 2.39. The number of hydrogen-bond donors (Lipinski definition) is 1. The first kappa shape index (κ1) is 15.9. The molecule has 1 saturated heterocycles. The summed E-state index contributed by atoms with van der Waals surface area (Å²) in [5, 5.41) is 11.9. The maximum Gasteiger partial charge on any atom is 0.218 e. The second-order valence-electron chi connectivity index (χ2n) is 4.22. The van der Waals surface area contributed by atoms with Crippen molar-refractivity contribution in [2.24, 2.45) is 0 Å². The number of nitriles is 1. The van der Waals surface area contributed by atoms with Crippen molar-refractivity contribution in [3.05, 3.63) is 35.4 Å². The average molecular weight is 302 g/mol. The van der Waals surface area contributed by atoms with Gasteiger partial charge in [0.15, 0.2) is 0 Å². The molecular weight excluding hydrogens is 286 g/mol. The second kappa shape index (κ2) is 6.87. The molecule has 0 aromatic heterocycles. The van der Waals surface area contributed by atoms with E-state index < -0.39 is 10.0 Å². The molecule has 7 heteroatoms. The van der Waals surface area contributed by atoms with Gasteiger partial charge < -0.3 is 5.32 Å². The molecule has 1 heterocycles. The van der Waals surface area contributed by atoms with Crippen molar-refractivity contribution in [3.63, 3.8) is 0 Å². The van der Waals surface area contributed by atoms with Crippen molar-refractivity contribution >= 4 is 22.4 Å². The monoisotopic (exact) mass is 301 g/mol. The van der Waals surface area contributed by atoms with Crippen molar-refractivity contribution in [1.29, 1.82) is 5.26 Å². The summed E-state index contributed by atoms with van der Waals surface area (Å²) in [6.45, 7) is 2.41. The fourth-order valence-electron chi connectivity index (χ4n) is 1.96. The molecule has 0 aliphatic carbocycles. The Labute approximate surface area is 119 Å². The normalized spacial score (nSPS) is 16.4. The zero-order chi connectivity index (χ0) is 13.0. The first-order chi connectivity index (χ1) is 8.62. The van der Waals surface area contributed by atoms with Crippen LogP contribution in [-0.2, 0) is 15.8 Å². The summed E-state index contributed by atoms with van der Waals surface area (Å²) in [6, 6.07) is 8.75. The van der Waals surface area contributed by atoms with Crippen LogP contribution in [0.2, 0.25) is 0 Å². The lowest BCUT2D eigenvalue weighted by atomic mass is 10.2. The summed E-state index contributed by atoms with van der Waals surface area (Å²) in [5.41, 5.74) is 1.15. The summed E-state index contributed by atoms with van der Waals surface area (Å²) >= 11 is 0. The molecule has 0 saturated carbocycles. The van der Waals surface area contributed by atoms with E-state index in [1.54, 1.807) is 24.3 Å². The summed E-state index contributed by atoms with van der Waals surface area (Å²) in [4.78, 5) is 0. The van der Waals surface area contributed by atoms with E-state index in [1.807, 2.05) is 6.07 Å². The quantitative estimate of drug-likeness (QED) is 0.892. The summed E-state index contributed by atoms with van der Waals surface area (Å²) in [6.07, 6.45) is 0. The Morgan fingerprint density at radius 2 is 2.00 bits per heavy atom. The highest BCUT2D eigenvalue weighted by Gasteiger charge is 2.23. The van der Waals surface area contributed by atoms with E-state index in [0.29, 0.717) is 37.3 Å². The summed E-state index contributed by atoms with van der Waals surface area (Å²) in [5.74, 6) is -0.0392. The van der Waals surface area contributed by atoms with Gasteiger partial charge in [0.05, 0.1) is 17.4 Å². The lowest BCUT2D eigenvalue weighted by Crippen LogP contribution is -2.46. The van der Waals surface area contributed by atoms with Gasteiger partial charge in [0.2, 0.25) is 10.0 Å². The van der Waals surface area contributed by atoms with Gasteiger partial charge in [-0.1, -0.05) is 12.1 Å². The topological polar surface area (TPSA) is 73.2 Å². The minimum Gasteiger partial charge on any atom is -0.314 e. The molecular formula is C12H16ClN3O2S. The van der Waals surface area contributed by atoms with Crippen molar-refractivity contribution in [3.8, 4) is 6.07 Å². The number of benzene rings is 1. The zero-order valence-electron chi connectivity index (χ0n) is 10.4. The third-order valence-electron chi connectivity index (χ3n) is 2.87. The Morgan fingerprint density at radius 3 is 2.63 bits per heavy atom. The molecule has 0 bridgehead atoms. The minimum atomic E-state index is -3.28. The van der Waals surface area contributed by atoms with Gasteiger partial charge in [-0.15, -0.1) is 12.4 Å². The van der Waals surface area contributed by atoms with E-state index in [9.17, 15) is 8.42 Å². The fraction of sp³-hybridized carbons (Fsp3) is 0.417. The number of sulfonamides is 1. The third kappa shape index (κ3) is 4.18. The molecule has 0 atom stereocenters. The molecule has 0 unspecified atom stereocenters. The molecule has 1 aromatic carbocycles. The van der Waals surface area contributed by atoms with Crippen LogP contribution in [0.25, 0.3) is 0 Å². The zero-order valence-corrected chi connectivity index (χ0v) is 12.0. The smallest absolute Gasteiger partial charge is 0.218 e. The highest BCUT2D eigenvalue weighted by atomic mass is 35.5. The van der Waals surface area contributed by atoms with E-state index in [-0.39, 0.29) is 18.2 Å². The van der Waals surface area contributed by atoms with Crippen LogP contribution in [0.4, 0.5) is 0 Å². The molecule has 0 amide bonds. The summed E-state index contributed by atoms with van der Waals surface area (Å²) in [7, 11) is -3.28. The number of piperazine rings is 1. The maximum absolute atomic E-state index is 12.2. The Morgan fingerprint density at radius 1 is 1.32 bits per heavy atom. The van der Waals surface area contributed by atoms with Gasteiger partial charge in [-0.2, -0.15) is 9.57 Å². The molecule has 1 fully saturated rings. The van der Waals surface area contributed by atoms with Crippen molar-refractivity contribution in [2.45, 2.75) is 5.75 Å².